The van der Waals surface area contributed by atoms with Crippen LogP contribution in [0.1, 0.15) is 50.3 Å². The van der Waals surface area contributed by atoms with E-state index in [1.807, 2.05) is 17.4 Å². The van der Waals surface area contributed by atoms with Crippen molar-refractivity contribution in [1.82, 2.24) is 19.4 Å². The molecule has 3 heterocycles. The zero-order valence-corrected chi connectivity index (χ0v) is 14.7. The number of hydrogen-bond acceptors (Lipinski definition) is 4. The highest BCUT2D eigenvalue weighted by Crippen LogP contribution is 2.37. The molecule has 0 aromatic carbocycles. The number of nitrogens with one attached hydrogen (secondary N) is 1. The first-order valence-electron chi connectivity index (χ1n) is 8.69. The molecule has 0 unspecified atom stereocenters. The third-order valence-corrected chi connectivity index (χ3v) is 6.15. The lowest BCUT2D eigenvalue weighted by Crippen LogP contribution is -2.45. The minimum absolute atomic E-state index is 0.0403. The Morgan fingerprint density at radius 1 is 1.38 bits per heavy atom. The molecule has 2 aromatic heterocycles. The Balaban J connectivity index is 1.39. The summed E-state index contributed by atoms with van der Waals surface area (Å²) >= 11 is 1.53. The first kappa shape index (κ1) is 15.6. The maximum absolute atomic E-state index is 12.6. The van der Waals surface area contributed by atoms with Crippen molar-refractivity contribution in [2.75, 3.05) is 18.4 Å². The number of amides is 2. The van der Waals surface area contributed by atoms with Gasteiger partial charge in [-0.25, -0.2) is 14.8 Å². The number of urea groups is 1. The standard InChI is InChI=1S/C17H23N5OS/c1-12-5-7-21(9-15(12)22-8-6-18-11-22)17(23)20-16-19-14(10-24-16)13-3-2-4-13/h6,8,10-13,15H,2-5,7,9H2,1H3,(H,19,20,23)/t12-,15+/m0/s1. The Labute approximate surface area is 145 Å². The number of rotatable bonds is 3. The van der Waals surface area contributed by atoms with Gasteiger partial charge in [0.05, 0.1) is 18.1 Å². The number of imidazole rings is 1. The highest BCUT2D eigenvalue weighted by atomic mass is 32.1. The lowest BCUT2D eigenvalue weighted by Gasteiger charge is -2.37. The van der Waals surface area contributed by atoms with Crippen molar-refractivity contribution in [2.45, 2.75) is 44.6 Å². The first-order valence-corrected chi connectivity index (χ1v) is 9.57. The number of likely N-dealkylation sites (tertiary alicyclic amines) is 1. The molecule has 4 rings (SSSR count). The van der Waals surface area contributed by atoms with E-state index in [1.54, 1.807) is 6.20 Å². The molecule has 0 radical (unpaired) electrons. The fourth-order valence-electron chi connectivity index (χ4n) is 3.49. The highest BCUT2D eigenvalue weighted by molar-refractivity contribution is 7.13. The van der Waals surface area contributed by atoms with Crippen molar-refractivity contribution in [3.8, 4) is 0 Å². The van der Waals surface area contributed by atoms with Crippen LogP contribution in [0.2, 0.25) is 0 Å². The number of anilines is 1. The van der Waals surface area contributed by atoms with E-state index in [2.05, 4.69) is 32.2 Å². The Bertz CT molecular complexity index is 694. The highest BCUT2D eigenvalue weighted by Gasteiger charge is 2.30. The molecule has 6 nitrogen and oxygen atoms in total. The molecule has 2 fully saturated rings. The lowest BCUT2D eigenvalue weighted by molar-refractivity contribution is 0.149. The van der Waals surface area contributed by atoms with Crippen molar-refractivity contribution >= 4 is 22.5 Å². The van der Waals surface area contributed by atoms with Crippen LogP contribution in [0.25, 0.3) is 0 Å². The minimum atomic E-state index is -0.0403. The molecule has 128 valence electrons. The molecular weight excluding hydrogens is 322 g/mol. The topological polar surface area (TPSA) is 63.1 Å². The summed E-state index contributed by atoms with van der Waals surface area (Å²) < 4.78 is 2.11. The van der Waals surface area contributed by atoms with Gasteiger partial charge in [-0.3, -0.25) is 5.32 Å². The molecule has 2 atom stereocenters. The van der Waals surface area contributed by atoms with Gasteiger partial charge in [-0.2, -0.15) is 0 Å². The summed E-state index contributed by atoms with van der Waals surface area (Å²) in [4.78, 5) is 23.2. The predicted octanol–water partition coefficient (Wildman–Crippen LogP) is 3.72. The molecule has 7 heteroatoms. The SMILES string of the molecule is C[C@H]1CCN(C(=O)Nc2nc(C3CCC3)cs2)C[C@H]1n1ccnc1. The molecule has 2 aliphatic rings. The van der Waals surface area contributed by atoms with Gasteiger partial charge in [-0.15, -0.1) is 11.3 Å². The van der Waals surface area contributed by atoms with Crippen LogP contribution < -0.4 is 5.32 Å². The van der Waals surface area contributed by atoms with E-state index in [0.29, 0.717) is 18.4 Å². The van der Waals surface area contributed by atoms with Gasteiger partial charge in [0.25, 0.3) is 0 Å². The molecule has 24 heavy (non-hydrogen) atoms. The molecule has 2 amide bonds. The summed E-state index contributed by atoms with van der Waals surface area (Å²) in [5.41, 5.74) is 1.14. The molecule has 2 aromatic rings. The predicted molar refractivity (Wildman–Crippen MR) is 94.3 cm³/mol. The zero-order valence-electron chi connectivity index (χ0n) is 13.9. The van der Waals surface area contributed by atoms with Crippen LogP contribution >= 0.6 is 11.3 Å². The molecule has 1 aliphatic carbocycles. The third-order valence-electron chi connectivity index (χ3n) is 5.37. The van der Waals surface area contributed by atoms with E-state index in [1.165, 1.54) is 30.6 Å². The van der Waals surface area contributed by atoms with Crippen LogP contribution in [0, 0.1) is 5.92 Å². The van der Waals surface area contributed by atoms with E-state index in [0.717, 1.165) is 23.8 Å². The summed E-state index contributed by atoms with van der Waals surface area (Å²) in [5, 5.41) is 5.80. The van der Waals surface area contributed by atoms with Crippen LogP contribution in [0.15, 0.2) is 24.1 Å². The first-order chi connectivity index (χ1) is 11.7. The quantitative estimate of drug-likeness (QED) is 0.922. The fraction of sp³-hybridized carbons (Fsp3) is 0.588. The molecule has 1 N–H and O–H groups in total. The maximum atomic E-state index is 12.6. The number of carbonyl (C=O) groups is 1. The Kier molecular flexibility index (Phi) is 4.26. The Morgan fingerprint density at radius 2 is 2.25 bits per heavy atom. The van der Waals surface area contributed by atoms with Crippen molar-refractivity contribution in [2.24, 2.45) is 5.92 Å². The van der Waals surface area contributed by atoms with Gasteiger partial charge in [0.2, 0.25) is 0 Å². The van der Waals surface area contributed by atoms with E-state index in [9.17, 15) is 4.79 Å². The van der Waals surface area contributed by atoms with Crippen LogP contribution in [0.3, 0.4) is 0 Å². The van der Waals surface area contributed by atoms with E-state index >= 15 is 0 Å². The van der Waals surface area contributed by atoms with Crippen molar-refractivity contribution in [3.63, 3.8) is 0 Å². The second-order valence-corrected chi connectivity index (χ2v) is 7.78. The summed E-state index contributed by atoms with van der Waals surface area (Å²) in [5.74, 6) is 1.14. The summed E-state index contributed by atoms with van der Waals surface area (Å²) in [6.45, 7) is 3.74. The minimum Gasteiger partial charge on any atom is -0.332 e. The average Bonchev–Trinajstić information content (AvgIpc) is 3.18. The summed E-state index contributed by atoms with van der Waals surface area (Å²) in [6, 6.07) is 0.246. The monoisotopic (exact) mass is 345 g/mol. The zero-order chi connectivity index (χ0) is 16.5. The van der Waals surface area contributed by atoms with E-state index in [-0.39, 0.29) is 12.1 Å². The molecule has 0 bridgehead atoms. The van der Waals surface area contributed by atoms with Gasteiger partial charge >= 0.3 is 6.03 Å². The number of hydrogen-bond donors (Lipinski definition) is 1. The van der Waals surface area contributed by atoms with E-state index < -0.39 is 0 Å². The number of carbonyl (C=O) groups excluding carboxylic acids is 1. The van der Waals surface area contributed by atoms with Gasteiger partial charge in [0.15, 0.2) is 5.13 Å². The second-order valence-electron chi connectivity index (χ2n) is 6.92. The van der Waals surface area contributed by atoms with Gasteiger partial charge < -0.3 is 9.47 Å². The summed E-state index contributed by atoms with van der Waals surface area (Å²) in [7, 11) is 0. The van der Waals surface area contributed by atoms with Crippen LogP contribution in [-0.4, -0.2) is 38.6 Å². The average molecular weight is 345 g/mol. The van der Waals surface area contributed by atoms with Crippen molar-refractivity contribution in [3.05, 3.63) is 29.8 Å². The number of aromatic nitrogens is 3. The van der Waals surface area contributed by atoms with Crippen LogP contribution in [0.5, 0.6) is 0 Å². The molecule has 1 aliphatic heterocycles. The molecule has 0 spiro atoms. The molecule has 1 saturated heterocycles. The van der Waals surface area contributed by atoms with Crippen LogP contribution in [-0.2, 0) is 0 Å². The number of thiazole rings is 1. The van der Waals surface area contributed by atoms with Crippen molar-refractivity contribution in [1.29, 1.82) is 0 Å². The van der Waals surface area contributed by atoms with Crippen LogP contribution in [0.4, 0.5) is 9.93 Å². The smallest absolute Gasteiger partial charge is 0.323 e. The Hall–Kier alpha value is -1.89. The van der Waals surface area contributed by atoms with Gasteiger partial charge in [0, 0.05) is 36.8 Å². The molecular formula is C17H23N5OS. The largest absolute Gasteiger partial charge is 0.332 e. The van der Waals surface area contributed by atoms with E-state index in [4.69, 9.17) is 0 Å². The van der Waals surface area contributed by atoms with Gasteiger partial charge in [-0.1, -0.05) is 13.3 Å². The number of piperidine rings is 1. The third kappa shape index (κ3) is 3.05. The fourth-order valence-corrected chi connectivity index (χ4v) is 4.27. The summed E-state index contributed by atoms with van der Waals surface area (Å²) in [6.07, 6.45) is 10.4. The normalized spacial score (nSPS) is 24.6. The lowest BCUT2D eigenvalue weighted by atomic mass is 9.83. The van der Waals surface area contributed by atoms with Crippen molar-refractivity contribution < 1.29 is 4.79 Å². The number of nitrogens with zero attached hydrogens (tertiary/aromatic N) is 4. The van der Waals surface area contributed by atoms with Gasteiger partial charge in [-0.05, 0) is 25.2 Å². The Morgan fingerprint density at radius 3 is 2.96 bits per heavy atom. The van der Waals surface area contributed by atoms with Gasteiger partial charge in [0.1, 0.15) is 0 Å². The maximum Gasteiger partial charge on any atom is 0.323 e. The molecule has 1 saturated carbocycles. The second kappa shape index (κ2) is 6.55.